The summed E-state index contributed by atoms with van der Waals surface area (Å²) in [5, 5.41) is 8.31. The van der Waals surface area contributed by atoms with Crippen LogP contribution in [0.4, 0.5) is 0 Å². The summed E-state index contributed by atoms with van der Waals surface area (Å²) in [5.74, 6) is 0.200. The number of methoxy groups -OCH3 is 1. The van der Waals surface area contributed by atoms with Crippen molar-refractivity contribution < 1.29 is 14.3 Å². The third-order valence-electron chi connectivity index (χ3n) is 3.79. The number of hydrogen-bond acceptors (Lipinski definition) is 6. The van der Waals surface area contributed by atoms with Gasteiger partial charge in [0.15, 0.2) is 0 Å². The zero-order valence-corrected chi connectivity index (χ0v) is 15.6. The van der Waals surface area contributed by atoms with Crippen LogP contribution in [0, 0.1) is 0 Å². The Morgan fingerprint density at radius 2 is 2.04 bits per heavy atom. The number of carbonyl (C=O) groups is 1. The standard InChI is InChI=1S/C18H16BrN3O4/c1-25-16-7-6-13(19)10-12(16)11-26-17(23)8-9-22-18(24)14-4-2-3-5-15(14)20-21-22/h2-7,10H,8-9,11H2,1H3. The zero-order chi connectivity index (χ0) is 18.5. The first kappa shape index (κ1) is 18.1. The predicted octanol–water partition coefficient (Wildman–Crippen LogP) is 2.70. The second kappa shape index (κ2) is 8.09. The topological polar surface area (TPSA) is 83.3 Å². The van der Waals surface area contributed by atoms with Crippen molar-refractivity contribution in [3.8, 4) is 5.75 Å². The van der Waals surface area contributed by atoms with Gasteiger partial charge in [0.25, 0.3) is 5.56 Å². The molecule has 2 aromatic carbocycles. The van der Waals surface area contributed by atoms with E-state index in [1.807, 2.05) is 12.1 Å². The lowest BCUT2D eigenvalue weighted by atomic mass is 10.2. The van der Waals surface area contributed by atoms with E-state index in [-0.39, 0.29) is 25.1 Å². The van der Waals surface area contributed by atoms with Crippen molar-refractivity contribution in [2.24, 2.45) is 0 Å². The van der Waals surface area contributed by atoms with Crippen LogP contribution in [0.25, 0.3) is 10.9 Å². The van der Waals surface area contributed by atoms with Crippen molar-refractivity contribution in [2.75, 3.05) is 7.11 Å². The second-order valence-corrected chi connectivity index (χ2v) is 6.42. The molecule has 0 saturated carbocycles. The first-order valence-corrected chi connectivity index (χ1v) is 8.68. The molecule has 26 heavy (non-hydrogen) atoms. The molecule has 3 aromatic rings. The van der Waals surface area contributed by atoms with Gasteiger partial charge < -0.3 is 9.47 Å². The fraction of sp³-hybridized carbons (Fsp3) is 0.222. The molecule has 0 spiro atoms. The molecule has 0 atom stereocenters. The Bertz CT molecular complexity index is 1000. The summed E-state index contributed by atoms with van der Waals surface area (Å²) in [6.45, 7) is 0.185. The Morgan fingerprint density at radius 1 is 1.23 bits per heavy atom. The summed E-state index contributed by atoms with van der Waals surface area (Å²) in [6, 6.07) is 12.4. The van der Waals surface area contributed by atoms with E-state index in [4.69, 9.17) is 9.47 Å². The van der Waals surface area contributed by atoms with Gasteiger partial charge in [0.05, 0.1) is 25.5 Å². The molecule has 0 aliphatic carbocycles. The number of hydrogen-bond donors (Lipinski definition) is 0. The Hall–Kier alpha value is -2.74. The van der Waals surface area contributed by atoms with Crippen LogP contribution in [-0.2, 0) is 22.7 Å². The molecule has 1 heterocycles. The number of rotatable bonds is 6. The van der Waals surface area contributed by atoms with Gasteiger partial charge in [-0.15, -0.1) is 5.10 Å². The van der Waals surface area contributed by atoms with Gasteiger partial charge in [0.1, 0.15) is 17.9 Å². The van der Waals surface area contributed by atoms with Crippen molar-refractivity contribution in [2.45, 2.75) is 19.6 Å². The van der Waals surface area contributed by atoms with E-state index in [9.17, 15) is 9.59 Å². The number of aromatic nitrogens is 3. The highest BCUT2D eigenvalue weighted by atomic mass is 79.9. The lowest BCUT2D eigenvalue weighted by Gasteiger charge is -2.10. The minimum atomic E-state index is -0.436. The van der Waals surface area contributed by atoms with Gasteiger partial charge in [0, 0.05) is 10.0 Å². The van der Waals surface area contributed by atoms with Crippen LogP contribution in [0.15, 0.2) is 51.7 Å². The highest BCUT2D eigenvalue weighted by molar-refractivity contribution is 9.10. The maximum atomic E-state index is 12.3. The summed E-state index contributed by atoms with van der Waals surface area (Å²) in [6.07, 6.45) is 0.0171. The maximum Gasteiger partial charge on any atom is 0.308 e. The number of ether oxygens (including phenoxy) is 2. The number of halogens is 1. The van der Waals surface area contributed by atoms with Crippen LogP contribution in [0.2, 0.25) is 0 Å². The molecular weight excluding hydrogens is 402 g/mol. The van der Waals surface area contributed by atoms with E-state index < -0.39 is 5.97 Å². The van der Waals surface area contributed by atoms with E-state index in [0.717, 1.165) is 10.0 Å². The summed E-state index contributed by atoms with van der Waals surface area (Å²) >= 11 is 3.37. The highest BCUT2D eigenvalue weighted by Gasteiger charge is 2.10. The average Bonchev–Trinajstić information content (AvgIpc) is 2.66. The first-order chi connectivity index (χ1) is 12.6. The quantitative estimate of drug-likeness (QED) is 0.573. The molecule has 0 saturated heterocycles. The maximum absolute atomic E-state index is 12.3. The Labute approximate surface area is 157 Å². The number of nitrogens with zero attached hydrogens (tertiary/aromatic N) is 3. The molecular formula is C18H16BrN3O4. The van der Waals surface area contributed by atoms with Gasteiger partial charge in [-0.05, 0) is 30.3 Å². The average molecular weight is 418 g/mol. The van der Waals surface area contributed by atoms with Crippen molar-refractivity contribution in [3.05, 3.63) is 62.9 Å². The second-order valence-electron chi connectivity index (χ2n) is 5.50. The van der Waals surface area contributed by atoms with E-state index in [1.165, 1.54) is 4.68 Å². The molecule has 8 heteroatoms. The number of benzene rings is 2. The van der Waals surface area contributed by atoms with Crippen LogP contribution < -0.4 is 10.3 Å². The number of aryl methyl sites for hydroxylation is 1. The molecule has 134 valence electrons. The molecule has 0 unspecified atom stereocenters. The van der Waals surface area contributed by atoms with Crippen molar-refractivity contribution in [1.29, 1.82) is 0 Å². The molecule has 0 N–H and O–H groups in total. The predicted molar refractivity (Wildman–Crippen MR) is 98.9 cm³/mol. The van der Waals surface area contributed by atoms with Crippen LogP contribution in [-0.4, -0.2) is 28.1 Å². The van der Waals surface area contributed by atoms with Gasteiger partial charge >= 0.3 is 5.97 Å². The first-order valence-electron chi connectivity index (χ1n) is 7.89. The molecule has 0 aliphatic rings. The van der Waals surface area contributed by atoms with E-state index in [0.29, 0.717) is 16.7 Å². The van der Waals surface area contributed by atoms with Crippen LogP contribution >= 0.6 is 15.9 Å². The van der Waals surface area contributed by atoms with Gasteiger partial charge in [-0.2, -0.15) is 0 Å². The van der Waals surface area contributed by atoms with Crippen LogP contribution in [0.3, 0.4) is 0 Å². The van der Waals surface area contributed by atoms with E-state index in [1.54, 1.807) is 37.4 Å². The molecule has 3 rings (SSSR count). The number of esters is 1. The minimum Gasteiger partial charge on any atom is -0.496 e. The van der Waals surface area contributed by atoms with Gasteiger partial charge in [-0.3, -0.25) is 9.59 Å². The van der Waals surface area contributed by atoms with Crippen molar-refractivity contribution >= 4 is 32.8 Å². The van der Waals surface area contributed by atoms with E-state index in [2.05, 4.69) is 26.2 Å². The molecule has 7 nitrogen and oxygen atoms in total. The minimum absolute atomic E-state index is 0.0171. The molecule has 0 aliphatic heterocycles. The molecule has 1 aromatic heterocycles. The molecule has 0 amide bonds. The highest BCUT2D eigenvalue weighted by Crippen LogP contribution is 2.23. The Balaban J connectivity index is 1.62. The number of fused-ring (bicyclic) bond motifs is 1. The Kier molecular flexibility index (Phi) is 5.62. The monoisotopic (exact) mass is 417 g/mol. The van der Waals surface area contributed by atoms with Crippen molar-refractivity contribution in [3.63, 3.8) is 0 Å². The third kappa shape index (κ3) is 4.08. The zero-order valence-electron chi connectivity index (χ0n) is 14.0. The fourth-order valence-corrected chi connectivity index (χ4v) is 2.87. The lowest BCUT2D eigenvalue weighted by molar-refractivity contribution is -0.145. The smallest absolute Gasteiger partial charge is 0.308 e. The SMILES string of the molecule is COc1ccc(Br)cc1COC(=O)CCn1nnc2ccccc2c1=O. The summed E-state index contributed by atoms with van der Waals surface area (Å²) in [7, 11) is 1.55. The van der Waals surface area contributed by atoms with Crippen molar-refractivity contribution in [1.82, 2.24) is 15.0 Å². The summed E-state index contributed by atoms with van der Waals surface area (Å²) in [5.41, 5.74) is 0.994. The third-order valence-corrected chi connectivity index (χ3v) is 4.28. The van der Waals surface area contributed by atoms with Gasteiger partial charge in [0.2, 0.25) is 0 Å². The molecule has 0 bridgehead atoms. The van der Waals surface area contributed by atoms with Crippen LogP contribution in [0.5, 0.6) is 5.75 Å². The summed E-state index contributed by atoms with van der Waals surface area (Å²) < 4.78 is 12.5. The number of carbonyl (C=O) groups excluding carboxylic acids is 1. The van der Waals surface area contributed by atoms with Gasteiger partial charge in [-0.25, -0.2) is 4.68 Å². The van der Waals surface area contributed by atoms with Crippen LogP contribution in [0.1, 0.15) is 12.0 Å². The largest absolute Gasteiger partial charge is 0.496 e. The van der Waals surface area contributed by atoms with Gasteiger partial charge in [-0.1, -0.05) is 33.3 Å². The Morgan fingerprint density at radius 3 is 2.85 bits per heavy atom. The van der Waals surface area contributed by atoms with E-state index >= 15 is 0 Å². The summed E-state index contributed by atoms with van der Waals surface area (Å²) in [4.78, 5) is 24.3. The molecule has 0 fully saturated rings. The normalized spacial score (nSPS) is 10.7. The lowest BCUT2D eigenvalue weighted by Crippen LogP contribution is -2.25. The molecule has 0 radical (unpaired) electrons. The fourth-order valence-electron chi connectivity index (χ4n) is 2.46.